The number of ether oxygens (including phenoxy) is 2. The normalized spacial score (nSPS) is 15.7. The second kappa shape index (κ2) is 7.53. The average Bonchev–Trinajstić information content (AvgIpc) is 2.66. The predicted octanol–water partition coefficient (Wildman–Crippen LogP) is 4.16. The summed E-state index contributed by atoms with van der Waals surface area (Å²) in [6.07, 6.45) is -4.56. The zero-order chi connectivity index (χ0) is 20.5. The second-order valence-electron chi connectivity index (χ2n) is 6.39. The summed E-state index contributed by atoms with van der Waals surface area (Å²) in [7, 11) is 2.98. The highest BCUT2D eigenvalue weighted by atomic mass is 19.4. The van der Waals surface area contributed by atoms with Crippen molar-refractivity contribution in [2.45, 2.75) is 24.9 Å². The van der Waals surface area contributed by atoms with Crippen LogP contribution < -0.4 is 14.4 Å². The summed E-state index contributed by atoms with van der Waals surface area (Å²) in [5.74, 6) is -0.488. The van der Waals surface area contributed by atoms with Crippen LogP contribution in [0.1, 0.15) is 29.9 Å². The third-order valence-corrected chi connectivity index (χ3v) is 4.65. The molecule has 0 aliphatic carbocycles. The lowest BCUT2D eigenvalue weighted by Gasteiger charge is -2.30. The molecular formula is C20H18F3NO4. The Morgan fingerprint density at radius 1 is 0.929 bits per heavy atom. The molecule has 0 saturated carbocycles. The van der Waals surface area contributed by atoms with Gasteiger partial charge in [-0.05, 0) is 35.9 Å². The van der Waals surface area contributed by atoms with E-state index < -0.39 is 23.6 Å². The van der Waals surface area contributed by atoms with Gasteiger partial charge in [0.05, 0.1) is 25.5 Å². The smallest absolute Gasteiger partial charge is 0.416 e. The average molecular weight is 393 g/mol. The first kappa shape index (κ1) is 19.7. The minimum absolute atomic E-state index is 0.00251. The van der Waals surface area contributed by atoms with Gasteiger partial charge in [0.25, 0.3) is 0 Å². The Morgan fingerprint density at radius 3 is 2.14 bits per heavy atom. The number of benzene rings is 2. The quantitative estimate of drug-likeness (QED) is 0.732. The molecule has 2 amide bonds. The third-order valence-electron chi connectivity index (χ3n) is 4.65. The fourth-order valence-electron chi connectivity index (χ4n) is 3.27. The topological polar surface area (TPSA) is 55.8 Å². The van der Waals surface area contributed by atoms with Gasteiger partial charge in [0.15, 0.2) is 11.5 Å². The lowest BCUT2D eigenvalue weighted by Crippen LogP contribution is -2.42. The van der Waals surface area contributed by atoms with Gasteiger partial charge in [-0.2, -0.15) is 13.2 Å². The molecular weight excluding hydrogens is 375 g/mol. The van der Waals surface area contributed by atoms with Crippen LogP contribution in [-0.2, 0) is 15.8 Å². The first-order chi connectivity index (χ1) is 13.2. The number of carbonyl (C=O) groups excluding carboxylic acids is 2. The molecule has 148 valence electrons. The zero-order valence-corrected chi connectivity index (χ0v) is 15.2. The minimum atomic E-state index is -4.56. The van der Waals surface area contributed by atoms with Crippen LogP contribution in [0.3, 0.4) is 0 Å². The SMILES string of the molecule is COc1ccc(C2CC(=O)N(c3cccc(C(F)(F)F)c3)C(=O)C2)cc1OC. The number of alkyl halides is 3. The van der Waals surface area contributed by atoms with Gasteiger partial charge < -0.3 is 9.47 Å². The lowest BCUT2D eigenvalue weighted by atomic mass is 9.88. The van der Waals surface area contributed by atoms with Gasteiger partial charge >= 0.3 is 6.18 Å². The van der Waals surface area contributed by atoms with Crippen LogP contribution in [0.25, 0.3) is 0 Å². The molecule has 0 radical (unpaired) electrons. The van der Waals surface area contributed by atoms with E-state index in [2.05, 4.69) is 0 Å². The van der Waals surface area contributed by atoms with Gasteiger partial charge in [-0.15, -0.1) is 0 Å². The molecule has 2 aromatic rings. The molecule has 0 unspecified atom stereocenters. The van der Waals surface area contributed by atoms with Gasteiger partial charge in [-0.3, -0.25) is 14.5 Å². The van der Waals surface area contributed by atoms with Crippen LogP contribution in [0, 0.1) is 0 Å². The van der Waals surface area contributed by atoms with Crippen molar-refractivity contribution in [3.63, 3.8) is 0 Å². The Bertz CT molecular complexity index is 893. The Balaban J connectivity index is 1.86. The molecule has 1 saturated heterocycles. The molecule has 1 aliphatic rings. The van der Waals surface area contributed by atoms with E-state index in [0.717, 1.165) is 22.6 Å². The number of methoxy groups -OCH3 is 2. The van der Waals surface area contributed by atoms with E-state index in [1.165, 1.54) is 26.4 Å². The number of nitrogens with zero attached hydrogens (tertiary/aromatic N) is 1. The van der Waals surface area contributed by atoms with E-state index in [-0.39, 0.29) is 24.4 Å². The van der Waals surface area contributed by atoms with Crippen molar-refractivity contribution < 1.29 is 32.2 Å². The van der Waals surface area contributed by atoms with Gasteiger partial charge in [-0.1, -0.05) is 12.1 Å². The number of rotatable bonds is 4. The van der Waals surface area contributed by atoms with Gasteiger partial charge in [0, 0.05) is 18.8 Å². The summed E-state index contributed by atoms with van der Waals surface area (Å²) in [4.78, 5) is 26.0. The molecule has 0 atom stereocenters. The van der Waals surface area contributed by atoms with Crippen molar-refractivity contribution in [1.82, 2.24) is 0 Å². The van der Waals surface area contributed by atoms with Crippen LogP contribution >= 0.6 is 0 Å². The van der Waals surface area contributed by atoms with Crippen molar-refractivity contribution in [3.05, 3.63) is 53.6 Å². The monoisotopic (exact) mass is 393 g/mol. The third kappa shape index (κ3) is 3.81. The van der Waals surface area contributed by atoms with Crippen LogP contribution in [0.4, 0.5) is 18.9 Å². The van der Waals surface area contributed by atoms with E-state index >= 15 is 0 Å². The summed E-state index contributed by atoms with van der Waals surface area (Å²) in [5.41, 5.74) is -0.258. The molecule has 0 aromatic heterocycles. The highest BCUT2D eigenvalue weighted by Gasteiger charge is 2.36. The first-order valence-electron chi connectivity index (χ1n) is 8.49. The number of hydrogen-bond donors (Lipinski definition) is 0. The van der Waals surface area contributed by atoms with E-state index in [4.69, 9.17) is 9.47 Å². The molecule has 0 N–H and O–H groups in total. The van der Waals surface area contributed by atoms with Crippen molar-refractivity contribution in [2.24, 2.45) is 0 Å². The largest absolute Gasteiger partial charge is 0.493 e. The van der Waals surface area contributed by atoms with E-state index in [1.807, 2.05) is 0 Å². The Labute approximate surface area is 159 Å². The standard InChI is InChI=1S/C20H18F3NO4/c1-27-16-7-6-12(8-17(16)28-2)13-9-18(25)24(19(26)10-13)15-5-3-4-14(11-15)20(21,22)23/h3-8,11,13H,9-10H2,1-2H3. The molecule has 1 fully saturated rings. The van der Waals surface area contributed by atoms with Crippen molar-refractivity contribution in [3.8, 4) is 11.5 Å². The van der Waals surface area contributed by atoms with Crippen molar-refractivity contribution in [1.29, 1.82) is 0 Å². The van der Waals surface area contributed by atoms with E-state index in [1.54, 1.807) is 18.2 Å². The van der Waals surface area contributed by atoms with Gasteiger partial charge in [0.1, 0.15) is 0 Å². The number of amides is 2. The van der Waals surface area contributed by atoms with E-state index in [0.29, 0.717) is 11.5 Å². The first-order valence-corrected chi connectivity index (χ1v) is 8.49. The Morgan fingerprint density at radius 2 is 1.57 bits per heavy atom. The van der Waals surface area contributed by atoms with Crippen LogP contribution in [0.2, 0.25) is 0 Å². The lowest BCUT2D eigenvalue weighted by molar-refractivity contribution is -0.138. The molecule has 1 aliphatic heterocycles. The van der Waals surface area contributed by atoms with Crippen LogP contribution in [-0.4, -0.2) is 26.0 Å². The predicted molar refractivity (Wildman–Crippen MR) is 95.5 cm³/mol. The van der Waals surface area contributed by atoms with Crippen molar-refractivity contribution >= 4 is 17.5 Å². The number of carbonyl (C=O) groups is 2. The maximum absolute atomic E-state index is 12.9. The summed E-state index contributed by atoms with van der Waals surface area (Å²) < 4.78 is 49.2. The minimum Gasteiger partial charge on any atom is -0.493 e. The van der Waals surface area contributed by atoms with Gasteiger partial charge in [0.2, 0.25) is 11.8 Å². The fraction of sp³-hybridized carbons (Fsp3) is 0.300. The zero-order valence-electron chi connectivity index (χ0n) is 15.2. The molecule has 1 heterocycles. The summed E-state index contributed by atoms with van der Waals surface area (Å²) >= 11 is 0. The highest BCUT2D eigenvalue weighted by Crippen LogP contribution is 2.38. The maximum atomic E-state index is 12.9. The maximum Gasteiger partial charge on any atom is 0.416 e. The highest BCUT2D eigenvalue weighted by molar-refractivity contribution is 6.17. The molecule has 3 rings (SSSR count). The van der Waals surface area contributed by atoms with Crippen LogP contribution in [0.15, 0.2) is 42.5 Å². The number of hydrogen-bond acceptors (Lipinski definition) is 4. The Hall–Kier alpha value is -3.03. The molecule has 2 aromatic carbocycles. The summed E-state index contributed by atoms with van der Waals surface area (Å²) in [6.45, 7) is 0. The molecule has 28 heavy (non-hydrogen) atoms. The van der Waals surface area contributed by atoms with Crippen LogP contribution in [0.5, 0.6) is 11.5 Å². The number of halogens is 3. The number of piperidine rings is 1. The molecule has 5 nitrogen and oxygen atoms in total. The summed E-state index contributed by atoms with van der Waals surface area (Å²) in [6, 6.07) is 9.33. The summed E-state index contributed by atoms with van der Waals surface area (Å²) in [5, 5.41) is 0. The Kier molecular flexibility index (Phi) is 5.31. The molecule has 0 spiro atoms. The molecule has 8 heteroatoms. The van der Waals surface area contributed by atoms with Gasteiger partial charge in [-0.25, -0.2) is 0 Å². The number of anilines is 1. The number of imide groups is 1. The second-order valence-corrected chi connectivity index (χ2v) is 6.39. The fourth-order valence-corrected chi connectivity index (χ4v) is 3.27. The molecule has 0 bridgehead atoms. The van der Waals surface area contributed by atoms with E-state index in [9.17, 15) is 22.8 Å². The van der Waals surface area contributed by atoms with Crippen molar-refractivity contribution in [2.75, 3.05) is 19.1 Å².